The number of rotatable bonds is 8. The maximum atomic E-state index is 15.5. The van der Waals surface area contributed by atoms with Gasteiger partial charge in [-0.3, -0.25) is 24.6 Å². The number of ether oxygens (including phenoxy) is 2. The molecule has 5 aliphatic rings. The third-order valence-corrected chi connectivity index (χ3v) is 12.7. The average Bonchev–Trinajstić information content (AvgIpc) is 3.54. The SMILES string of the molecule is COc1cccc([C@@H]2COc3cc(O)ccc3[C@@H]2c2ccc(N3CCC(CN4CCN(c5cc6c(cc5F)C(=O)N([C@H]5CCC(=O)NC5=O)C6)CC4)CC3)cc2)c1. The first kappa shape index (κ1) is 37.0. The van der Waals surface area contributed by atoms with Crippen molar-refractivity contribution in [1.82, 2.24) is 15.1 Å². The van der Waals surface area contributed by atoms with Gasteiger partial charge in [0.2, 0.25) is 11.8 Å². The molecule has 296 valence electrons. The number of anilines is 2. The molecule has 2 N–H and O–H groups in total. The minimum atomic E-state index is -0.720. The van der Waals surface area contributed by atoms with Gasteiger partial charge in [0.25, 0.3) is 5.91 Å². The molecule has 3 amide bonds. The van der Waals surface area contributed by atoms with Gasteiger partial charge in [-0.1, -0.05) is 30.3 Å². The lowest BCUT2D eigenvalue weighted by atomic mass is 9.76. The highest BCUT2D eigenvalue weighted by atomic mass is 19.1. The van der Waals surface area contributed by atoms with Crippen LogP contribution < -0.4 is 24.6 Å². The molecule has 57 heavy (non-hydrogen) atoms. The Labute approximate surface area is 331 Å². The van der Waals surface area contributed by atoms with E-state index in [1.54, 1.807) is 25.3 Å². The van der Waals surface area contributed by atoms with E-state index in [9.17, 15) is 19.5 Å². The van der Waals surface area contributed by atoms with Gasteiger partial charge in [0.05, 0.1) is 19.4 Å². The molecule has 0 saturated carbocycles. The van der Waals surface area contributed by atoms with E-state index < -0.39 is 17.8 Å². The number of carbonyl (C=O) groups excluding carboxylic acids is 3. The molecular formula is C45H48FN5O6. The summed E-state index contributed by atoms with van der Waals surface area (Å²) in [6.45, 7) is 6.81. The number of hydrogen-bond donors (Lipinski definition) is 2. The average molecular weight is 774 g/mol. The molecule has 12 heteroatoms. The van der Waals surface area contributed by atoms with Crippen molar-refractivity contribution in [2.45, 2.75) is 50.1 Å². The van der Waals surface area contributed by atoms with Crippen LogP contribution in [0.2, 0.25) is 0 Å². The first-order chi connectivity index (χ1) is 27.7. The Balaban J connectivity index is 0.796. The van der Waals surface area contributed by atoms with Crippen LogP contribution in [0.5, 0.6) is 17.2 Å². The number of methoxy groups -OCH3 is 1. The Morgan fingerprint density at radius 1 is 0.860 bits per heavy atom. The zero-order chi connectivity index (χ0) is 39.2. The van der Waals surface area contributed by atoms with E-state index in [4.69, 9.17) is 9.47 Å². The van der Waals surface area contributed by atoms with Crippen LogP contribution in [-0.2, 0) is 16.1 Å². The number of halogens is 1. The normalized spacial score (nSPS) is 22.9. The van der Waals surface area contributed by atoms with Crippen LogP contribution in [-0.4, -0.2) is 98.2 Å². The smallest absolute Gasteiger partial charge is 0.255 e. The largest absolute Gasteiger partial charge is 0.508 e. The Morgan fingerprint density at radius 3 is 2.40 bits per heavy atom. The van der Waals surface area contributed by atoms with E-state index in [0.717, 1.165) is 73.8 Å². The van der Waals surface area contributed by atoms with E-state index >= 15 is 4.39 Å². The maximum Gasteiger partial charge on any atom is 0.255 e. The number of nitrogens with zero attached hydrogens (tertiary/aromatic N) is 4. The molecule has 5 heterocycles. The molecule has 0 aliphatic carbocycles. The van der Waals surface area contributed by atoms with Gasteiger partial charge in [-0.2, -0.15) is 0 Å². The van der Waals surface area contributed by atoms with Crippen LogP contribution in [0, 0.1) is 11.7 Å². The molecule has 0 radical (unpaired) electrons. The summed E-state index contributed by atoms with van der Waals surface area (Å²) in [5, 5.41) is 12.5. The number of phenols is 1. The Hall–Kier alpha value is -5.62. The van der Waals surface area contributed by atoms with Gasteiger partial charge in [-0.15, -0.1) is 0 Å². The topological polar surface area (TPSA) is 115 Å². The molecule has 9 rings (SSSR count). The monoisotopic (exact) mass is 773 g/mol. The molecular weight excluding hydrogens is 726 g/mol. The number of piperidine rings is 2. The van der Waals surface area contributed by atoms with Crippen molar-refractivity contribution in [3.8, 4) is 17.2 Å². The molecule has 4 aromatic carbocycles. The summed E-state index contributed by atoms with van der Waals surface area (Å²) in [6, 6.07) is 25.0. The van der Waals surface area contributed by atoms with Crippen LogP contribution in [0.15, 0.2) is 78.9 Å². The second-order valence-corrected chi connectivity index (χ2v) is 16.1. The third-order valence-electron chi connectivity index (χ3n) is 12.7. The minimum absolute atomic E-state index is 0.0560. The lowest BCUT2D eigenvalue weighted by Crippen LogP contribution is -2.52. The van der Waals surface area contributed by atoms with Crippen molar-refractivity contribution in [2.75, 3.05) is 69.3 Å². The molecule has 0 aromatic heterocycles. The number of nitrogens with one attached hydrogen (secondary N) is 1. The predicted octanol–water partition coefficient (Wildman–Crippen LogP) is 5.65. The van der Waals surface area contributed by atoms with Gasteiger partial charge < -0.3 is 29.3 Å². The standard InChI is InChI=1S/C45H48FN5O6/c1-56-34-4-2-3-30(21-34)37-27-57-41-23-33(52)9-10-35(41)43(37)29-5-7-32(8-6-29)49-15-13-28(14-16-49)25-48-17-19-50(20-18-48)40-22-31-26-51(45(55)36(31)24-38(40)46)39-11-12-42(53)47-44(39)54/h2-10,21-24,28,37,39,43,52H,11-20,25-27H2,1H3,(H,47,53,54)/t37-,39-,43-/m0/s1. The number of benzene rings is 4. The van der Waals surface area contributed by atoms with Gasteiger partial charge in [-0.05, 0) is 84.3 Å². The summed E-state index contributed by atoms with van der Waals surface area (Å²) in [7, 11) is 1.68. The van der Waals surface area contributed by atoms with E-state index in [2.05, 4.69) is 56.4 Å². The molecule has 3 fully saturated rings. The van der Waals surface area contributed by atoms with Crippen LogP contribution in [0.4, 0.5) is 15.8 Å². The van der Waals surface area contributed by atoms with Crippen molar-refractivity contribution in [1.29, 1.82) is 0 Å². The molecule has 0 spiro atoms. The summed E-state index contributed by atoms with van der Waals surface area (Å²) in [4.78, 5) is 45.7. The molecule has 5 aliphatic heterocycles. The number of hydrogen-bond acceptors (Lipinski definition) is 9. The highest BCUT2D eigenvalue weighted by Crippen LogP contribution is 2.47. The first-order valence-corrected chi connectivity index (χ1v) is 20.1. The van der Waals surface area contributed by atoms with Gasteiger partial charge >= 0.3 is 0 Å². The zero-order valence-corrected chi connectivity index (χ0v) is 32.2. The van der Waals surface area contributed by atoms with E-state index in [0.29, 0.717) is 36.9 Å². The van der Waals surface area contributed by atoms with E-state index in [-0.39, 0.29) is 48.8 Å². The number of imide groups is 1. The van der Waals surface area contributed by atoms with Crippen LogP contribution in [0.25, 0.3) is 0 Å². The number of carbonyl (C=O) groups is 3. The molecule has 0 bridgehead atoms. The van der Waals surface area contributed by atoms with Crippen molar-refractivity contribution >= 4 is 29.1 Å². The van der Waals surface area contributed by atoms with Gasteiger partial charge in [0, 0.05) is 93.5 Å². The summed E-state index contributed by atoms with van der Waals surface area (Å²) < 4.78 is 27.2. The van der Waals surface area contributed by atoms with Crippen molar-refractivity contribution in [3.63, 3.8) is 0 Å². The summed E-state index contributed by atoms with van der Waals surface area (Å²) in [6.07, 6.45) is 2.67. The number of fused-ring (bicyclic) bond motifs is 2. The quantitative estimate of drug-likeness (QED) is 0.220. The number of amides is 3. The highest BCUT2D eigenvalue weighted by Gasteiger charge is 2.40. The van der Waals surface area contributed by atoms with Crippen molar-refractivity contribution < 1.29 is 33.4 Å². The fourth-order valence-corrected chi connectivity index (χ4v) is 9.59. The summed E-state index contributed by atoms with van der Waals surface area (Å²) >= 11 is 0. The fourth-order valence-electron chi connectivity index (χ4n) is 9.59. The molecule has 3 atom stereocenters. The number of piperazine rings is 1. The van der Waals surface area contributed by atoms with Crippen LogP contribution in [0.1, 0.15) is 70.1 Å². The maximum absolute atomic E-state index is 15.5. The number of phenolic OH excluding ortho intramolecular Hbond substituents is 1. The van der Waals surface area contributed by atoms with Gasteiger partial charge in [0.1, 0.15) is 29.1 Å². The van der Waals surface area contributed by atoms with E-state index in [1.165, 1.54) is 22.2 Å². The summed E-state index contributed by atoms with van der Waals surface area (Å²) in [5.74, 6) is 0.879. The minimum Gasteiger partial charge on any atom is -0.508 e. The van der Waals surface area contributed by atoms with Crippen LogP contribution in [0.3, 0.4) is 0 Å². The van der Waals surface area contributed by atoms with Gasteiger partial charge in [0.15, 0.2) is 0 Å². The van der Waals surface area contributed by atoms with Crippen LogP contribution >= 0.6 is 0 Å². The molecule has 11 nitrogen and oxygen atoms in total. The van der Waals surface area contributed by atoms with Crippen molar-refractivity contribution in [2.24, 2.45) is 5.92 Å². The fraction of sp³-hybridized carbons (Fsp3) is 0.400. The summed E-state index contributed by atoms with van der Waals surface area (Å²) in [5.41, 5.74) is 6.16. The highest BCUT2D eigenvalue weighted by molar-refractivity contribution is 6.05. The number of aromatic hydroxyl groups is 1. The lowest BCUT2D eigenvalue weighted by Gasteiger charge is -2.40. The lowest BCUT2D eigenvalue weighted by molar-refractivity contribution is -0.136. The Kier molecular flexibility index (Phi) is 9.98. The molecule has 0 unspecified atom stereocenters. The Morgan fingerprint density at radius 2 is 1.65 bits per heavy atom. The zero-order valence-electron chi connectivity index (χ0n) is 32.2. The predicted molar refractivity (Wildman–Crippen MR) is 214 cm³/mol. The molecule has 3 saturated heterocycles. The second kappa shape index (κ2) is 15.4. The first-order valence-electron chi connectivity index (χ1n) is 20.1. The van der Waals surface area contributed by atoms with E-state index in [1.807, 2.05) is 18.2 Å². The second-order valence-electron chi connectivity index (χ2n) is 16.1. The van der Waals surface area contributed by atoms with Crippen molar-refractivity contribution in [3.05, 3.63) is 112 Å². The Bertz CT molecular complexity index is 2180. The molecule has 4 aromatic rings. The third kappa shape index (κ3) is 7.27. The van der Waals surface area contributed by atoms with Gasteiger partial charge in [-0.25, -0.2) is 4.39 Å².